The highest BCUT2D eigenvalue weighted by atomic mass is 19.3. The lowest BCUT2D eigenvalue weighted by Crippen LogP contribution is -2.19. The van der Waals surface area contributed by atoms with E-state index in [0.29, 0.717) is 0 Å². The maximum absolute atomic E-state index is 12.4. The first-order valence-electron chi connectivity index (χ1n) is 6.64. The molecule has 1 nitrogen and oxygen atoms in total. The lowest BCUT2D eigenvalue weighted by Gasteiger charge is -2.30. The first kappa shape index (κ1) is 13.5. The van der Waals surface area contributed by atoms with Gasteiger partial charge in [-0.1, -0.05) is 44.0 Å². The third kappa shape index (κ3) is 3.08. The van der Waals surface area contributed by atoms with E-state index in [1.54, 1.807) is 12.1 Å². The van der Waals surface area contributed by atoms with Crippen LogP contribution in [-0.2, 0) is 0 Å². The van der Waals surface area contributed by atoms with Crippen LogP contribution in [0, 0.1) is 11.8 Å². The summed E-state index contributed by atoms with van der Waals surface area (Å²) in [5.74, 6) is 1.02. The molecule has 0 heterocycles. The van der Waals surface area contributed by atoms with Crippen molar-refractivity contribution in [2.24, 2.45) is 11.8 Å². The van der Waals surface area contributed by atoms with E-state index in [1.165, 1.54) is 12.1 Å². The van der Waals surface area contributed by atoms with Crippen LogP contribution < -0.4 is 0 Å². The topological polar surface area (TPSA) is 20.2 Å². The molecule has 0 aliphatic heterocycles. The molecule has 1 aliphatic rings. The molecule has 1 saturated carbocycles. The maximum atomic E-state index is 12.4. The van der Waals surface area contributed by atoms with Crippen molar-refractivity contribution in [2.75, 3.05) is 0 Å². The van der Waals surface area contributed by atoms with Gasteiger partial charge < -0.3 is 5.11 Å². The van der Waals surface area contributed by atoms with E-state index >= 15 is 0 Å². The second kappa shape index (κ2) is 5.79. The number of aliphatic hydroxyl groups is 1. The lowest BCUT2D eigenvalue weighted by atomic mass is 9.78. The van der Waals surface area contributed by atoms with E-state index in [0.717, 1.165) is 37.2 Å². The summed E-state index contributed by atoms with van der Waals surface area (Å²) < 4.78 is 24.9. The fourth-order valence-electron chi connectivity index (χ4n) is 2.71. The molecule has 1 N–H and O–H groups in total. The van der Waals surface area contributed by atoms with Crippen molar-refractivity contribution < 1.29 is 13.9 Å². The molecule has 18 heavy (non-hydrogen) atoms. The van der Waals surface area contributed by atoms with E-state index in [2.05, 4.69) is 6.92 Å². The molecular weight excluding hydrogens is 234 g/mol. The summed E-state index contributed by atoms with van der Waals surface area (Å²) in [5, 5.41) is 10.3. The van der Waals surface area contributed by atoms with Crippen molar-refractivity contribution >= 4 is 0 Å². The van der Waals surface area contributed by atoms with Gasteiger partial charge in [0.2, 0.25) is 0 Å². The van der Waals surface area contributed by atoms with Crippen LogP contribution in [0.4, 0.5) is 8.78 Å². The van der Waals surface area contributed by atoms with Gasteiger partial charge in [-0.25, -0.2) is 8.78 Å². The Morgan fingerprint density at radius 2 is 1.50 bits per heavy atom. The quantitative estimate of drug-likeness (QED) is 0.843. The monoisotopic (exact) mass is 254 g/mol. The predicted octanol–water partition coefficient (Wildman–Crippen LogP) is 4.48. The van der Waals surface area contributed by atoms with E-state index in [4.69, 9.17) is 0 Å². The minimum absolute atomic E-state index is 0.0169. The zero-order valence-electron chi connectivity index (χ0n) is 10.7. The van der Waals surface area contributed by atoms with Gasteiger partial charge in [0.15, 0.2) is 0 Å². The highest BCUT2D eigenvalue weighted by Gasteiger charge is 2.25. The third-order valence-electron chi connectivity index (χ3n) is 4.04. The Morgan fingerprint density at radius 3 is 2.00 bits per heavy atom. The van der Waals surface area contributed by atoms with Crippen LogP contribution in [0.3, 0.4) is 0 Å². The molecule has 1 aromatic rings. The van der Waals surface area contributed by atoms with Crippen molar-refractivity contribution in [1.82, 2.24) is 0 Å². The van der Waals surface area contributed by atoms with Gasteiger partial charge in [0, 0.05) is 5.56 Å². The first-order valence-corrected chi connectivity index (χ1v) is 6.64. The van der Waals surface area contributed by atoms with Crippen molar-refractivity contribution in [2.45, 2.75) is 45.1 Å². The Bertz CT molecular complexity index is 367. The molecule has 0 spiro atoms. The summed E-state index contributed by atoms with van der Waals surface area (Å²) in [7, 11) is 0. The van der Waals surface area contributed by atoms with Gasteiger partial charge in [-0.15, -0.1) is 0 Å². The molecular formula is C15H20F2O. The van der Waals surface area contributed by atoms with Gasteiger partial charge in [-0.05, 0) is 30.2 Å². The zero-order valence-corrected chi connectivity index (χ0v) is 10.7. The summed E-state index contributed by atoms with van der Waals surface area (Å²) in [6.07, 6.45) is 1.40. The minimum Gasteiger partial charge on any atom is -0.388 e. The number of aliphatic hydroxyl groups excluding tert-OH is 1. The van der Waals surface area contributed by atoms with Crippen molar-refractivity contribution in [3.8, 4) is 0 Å². The molecule has 0 amide bonds. The van der Waals surface area contributed by atoms with E-state index in [-0.39, 0.29) is 11.5 Å². The number of benzene rings is 1. The molecule has 1 fully saturated rings. The first-order chi connectivity index (χ1) is 8.58. The van der Waals surface area contributed by atoms with Crippen LogP contribution in [0.25, 0.3) is 0 Å². The fourth-order valence-corrected chi connectivity index (χ4v) is 2.71. The molecule has 100 valence electrons. The largest absolute Gasteiger partial charge is 0.388 e. The average Bonchev–Trinajstić information content (AvgIpc) is 2.39. The van der Waals surface area contributed by atoms with Gasteiger partial charge >= 0.3 is 0 Å². The van der Waals surface area contributed by atoms with Gasteiger partial charge in [0.05, 0.1) is 6.10 Å². The lowest BCUT2D eigenvalue weighted by molar-refractivity contribution is 0.0754. The smallest absolute Gasteiger partial charge is 0.263 e. The Morgan fingerprint density at radius 1 is 1.00 bits per heavy atom. The average molecular weight is 254 g/mol. The minimum atomic E-state index is -2.44. The van der Waals surface area contributed by atoms with Gasteiger partial charge in [0.1, 0.15) is 0 Å². The summed E-state index contributed by atoms with van der Waals surface area (Å²) >= 11 is 0. The van der Waals surface area contributed by atoms with E-state index in [1.807, 2.05) is 0 Å². The van der Waals surface area contributed by atoms with Gasteiger partial charge in [-0.3, -0.25) is 0 Å². The third-order valence-corrected chi connectivity index (χ3v) is 4.04. The fraction of sp³-hybridized carbons (Fsp3) is 0.600. The van der Waals surface area contributed by atoms with Gasteiger partial charge in [-0.2, -0.15) is 0 Å². The molecule has 1 unspecified atom stereocenters. The zero-order chi connectivity index (χ0) is 13.1. The summed E-state index contributed by atoms with van der Waals surface area (Å²) in [4.78, 5) is 0. The molecule has 0 aromatic heterocycles. The second-order valence-electron chi connectivity index (χ2n) is 5.43. The Kier molecular flexibility index (Phi) is 4.33. The Balaban J connectivity index is 2.02. The van der Waals surface area contributed by atoms with Crippen LogP contribution in [0.15, 0.2) is 24.3 Å². The SMILES string of the molecule is CC1CCC(C(O)c2ccc(C(F)F)cc2)CC1. The van der Waals surface area contributed by atoms with E-state index in [9.17, 15) is 13.9 Å². The van der Waals surface area contributed by atoms with Crippen LogP contribution >= 0.6 is 0 Å². The highest BCUT2D eigenvalue weighted by molar-refractivity contribution is 5.25. The molecule has 1 atom stereocenters. The number of hydrogen-bond acceptors (Lipinski definition) is 1. The van der Waals surface area contributed by atoms with Crippen LogP contribution in [0.1, 0.15) is 56.3 Å². The molecule has 0 bridgehead atoms. The second-order valence-corrected chi connectivity index (χ2v) is 5.43. The molecule has 0 radical (unpaired) electrons. The van der Waals surface area contributed by atoms with Crippen molar-refractivity contribution in [3.05, 3.63) is 35.4 Å². The number of hydrogen-bond donors (Lipinski definition) is 1. The molecule has 2 rings (SSSR count). The standard InChI is InChI=1S/C15H20F2O/c1-10-2-4-11(5-3-10)14(18)12-6-8-13(9-7-12)15(16)17/h6-11,14-15,18H,2-5H2,1H3. The molecule has 3 heteroatoms. The number of rotatable bonds is 3. The maximum Gasteiger partial charge on any atom is 0.263 e. The predicted molar refractivity (Wildman–Crippen MR) is 67.5 cm³/mol. The summed E-state index contributed by atoms with van der Waals surface area (Å²) in [5.41, 5.74) is 0.780. The molecule has 0 saturated heterocycles. The van der Waals surface area contributed by atoms with E-state index < -0.39 is 12.5 Å². The Labute approximate surface area is 107 Å². The summed E-state index contributed by atoms with van der Waals surface area (Å²) in [6.45, 7) is 2.24. The van der Waals surface area contributed by atoms with Crippen LogP contribution in [0.5, 0.6) is 0 Å². The Hall–Kier alpha value is -0.960. The van der Waals surface area contributed by atoms with Crippen LogP contribution in [-0.4, -0.2) is 5.11 Å². The summed E-state index contributed by atoms with van der Waals surface area (Å²) in [6, 6.07) is 6.08. The highest BCUT2D eigenvalue weighted by Crippen LogP contribution is 2.36. The molecule has 1 aliphatic carbocycles. The van der Waals surface area contributed by atoms with Crippen molar-refractivity contribution in [3.63, 3.8) is 0 Å². The van der Waals surface area contributed by atoms with Crippen LogP contribution in [0.2, 0.25) is 0 Å². The van der Waals surface area contributed by atoms with Gasteiger partial charge in [0.25, 0.3) is 6.43 Å². The molecule has 1 aromatic carbocycles. The number of alkyl halides is 2. The van der Waals surface area contributed by atoms with Crippen molar-refractivity contribution in [1.29, 1.82) is 0 Å². The normalized spacial score (nSPS) is 26.3. The number of halogens is 2.